The van der Waals surface area contributed by atoms with E-state index in [0.717, 1.165) is 30.6 Å². The molecule has 0 atom stereocenters. The molecule has 0 aliphatic heterocycles. The van der Waals surface area contributed by atoms with E-state index in [9.17, 15) is 0 Å². The Bertz CT molecular complexity index is 662. The van der Waals surface area contributed by atoms with Gasteiger partial charge in [0.15, 0.2) is 0 Å². The van der Waals surface area contributed by atoms with Gasteiger partial charge in [-0.15, -0.1) is 0 Å². The van der Waals surface area contributed by atoms with E-state index in [-0.39, 0.29) is 0 Å². The third kappa shape index (κ3) is 6.40. The van der Waals surface area contributed by atoms with E-state index in [1.54, 1.807) is 0 Å². The summed E-state index contributed by atoms with van der Waals surface area (Å²) in [5, 5.41) is 0. The van der Waals surface area contributed by atoms with Gasteiger partial charge in [0.1, 0.15) is 5.75 Å². The Morgan fingerprint density at radius 2 is 1.29 bits per heavy atom. The van der Waals surface area contributed by atoms with Crippen molar-refractivity contribution in [2.75, 3.05) is 6.61 Å². The van der Waals surface area contributed by atoms with Gasteiger partial charge in [-0.2, -0.15) is 0 Å². The first-order valence-corrected chi connectivity index (χ1v) is 11.6. The Morgan fingerprint density at radius 1 is 0.714 bits per heavy atom. The van der Waals surface area contributed by atoms with Crippen LogP contribution >= 0.6 is 0 Å². The van der Waals surface area contributed by atoms with Crippen molar-refractivity contribution in [3.8, 4) is 16.9 Å². The molecule has 0 bridgehead atoms. The topological polar surface area (TPSA) is 9.23 Å². The summed E-state index contributed by atoms with van der Waals surface area (Å²) in [6.45, 7) is 5.48. The SMILES string of the molecule is CCCCCCCCOc1ccc(-c2ccc(C3CCC(C)CC3)cc2)cc1. The summed E-state index contributed by atoms with van der Waals surface area (Å²) in [7, 11) is 0. The molecule has 1 heteroatoms. The molecule has 0 unspecified atom stereocenters. The van der Waals surface area contributed by atoms with Crippen molar-refractivity contribution in [3.05, 3.63) is 54.1 Å². The van der Waals surface area contributed by atoms with Gasteiger partial charge in [0.2, 0.25) is 0 Å². The van der Waals surface area contributed by atoms with Crippen molar-refractivity contribution in [1.29, 1.82) is 0 Å². The van der Waals surface area contributed by atoms with Gasteiger partial charge in [0.25, 0.3) is 0 Å². The second-order valence-corrected chi connectivity index (χ2v) is 8.72. The molecule has 1 fully saturated rings. The van der Waals surface area contributed by atoms with E-state index >= 15 is 0 Å². The molecular formula is C27H38O. The van der Waals surface area contributed by atoms with E-state index in [1.807, 2.05) is 0 Å². The van der Waals surface area contributed by atoms with Crippen LogP contribution < -0.4 is 4.74 Å². The van der Waals surface area contributed by atoms with Crippen LogP contribution in [0.5, 0.6) is 5.75 Å². The molecule has 1 saturated carbocycles. The van der Waals surface area contributed by atoms with Gasteiger partial charge in [-0.1, -0.05) is 95.2 Å². The van der Waals surface area contributed by atoms with Crippen LogP contribution in [0, 0.1) is 5.92 Å². The molecule has 152 valence electrons. The normalized spacial score (nSPS) is 19.5. The van der Waals surface area contributed by atoms with E-state index < -0.39 is 0 Å². The molecule has 2 aromatic rings. The predicted molar refractivity (Wildman–Crippen MR) is 121 cm³/mol. The van der Waals surface area contributed by atoms with Crippen LogP contribution in [0.4, 0.5) is 0 Å². The van der Waals surface area contributed by atoms with Gasteiger partial charge in [-0.25, -0.2) is 0 Å². The maximum atomic E-state index is 5.91. The first-order chi connectivity index (χ1) is 13.8. The number of hydrogen-bond acceptors (Lipinski definition) is 1. The summed E-state index contributed by atoms with van der Waals surface area (Å²) >= 11 is 0. The van der Waals surface area contributed by atoms with Gasteiger partial charge < -0.3 is 4.74 Å². The van der Waals surface area contributed by atoms with Crippen LogP contribution in [0.2, 0.25) is 0 Å². The van der Waals surface area contributed by atoms with Crippen LogP contribution in [0.25, 0.3) is 11.1 Å². The summed E-state index contributed by atoms with van der Waals surface area (Å²) in [6, 6.07) is 17.9. The lowest BCUT2D eigenvalue weighted by Gasteiger charge is -2.26. The van der Waals surface area contributed by atoms with Crippen LogP contribution in [-0.2, 0) is 0 Å². The van der Waals surface area contributed by atoms with Crippen LogP contribution in [0.3, 0.4) is 0 Å². The van der Waals surface area contributed by atoms with Gasteiger partial charge >= 0.3 is 0 Å². The molecule has 0 aromatic heterocycles. The number of hydrogen-bond donors (Lipinski definition) is 0. The van der Waals surface area contributed by atoms with Crippen LogP contribution in [0.15, 0.2) is 48.5 Å². The second kappa shape index (κ2) is 11.3. The number of ether oxygens (including phenoxy) is 1. The molecule has 1 aliphatic carbocycles. The summed E-state index contributed by atoms with van der Waals surface area (Å²) in [6.07, 6.45) is 13.3. The molecule has 0 saturated heterocycles. The maximum absolute atomic E-state index is 5.91. The second-order valence-electron chi connectivity index (χ2n) is 8.72. The lowest BCUT2D eigenvalue weighted by molar-refractivity contribution is 0.304. The zero-order valence-electron chi connectivity index (χ0n) is 18.0. The van der Waals surface area contributed by atoms with E-state index in [0.29, 0.717) is 0 Å². The smallest absolute Gasteiger partial charge is 0.119 e. The van der Waals surface area contributed by atoms with E-state index in [2.05, 4.69) is 62.4 Å². The minimum atomic E-state index is 0.767. The van der Waals surface area contributed by atoms with Crippen LogP contribution in [-0.4, -0.2) is 6.61 Å². The minimum Gasteiger partial charge on any atom is -0.494 e. The Morgan fingerprint density at radius 3 is 1.93 bits per heavy atom. The minimum absolute atomic E-state index is 0.767. The lowest BCUT2D eigenvalue weighted by atomic mass is 9.79. The Kier molecular flexibility index (Phi) is 8.45. The fraction of sp³-hybridized carbons (Fsp3) is 0.556. The van der Waals surface area contributed by atoms with Gasteiger partial charge in [0.05, 0.1) is 6.61 Å². The standard InChI is InChI=1S/C27H38O/c1-3-4-5-6-7-8-21-28-27-19-17-26(18-20-27)25-15-13-24(14-16-25)23-11-9-22(2)10-12-23/h13-20,22-23H,3-12,21H2,1-2H3. The highest BCUT2D eigenvalue weighted by Crippen LogP contribution is 2.36. The Hall–Kier alpha value is -1.76. The first kappa shape index (κ1) is 21.0. The van der Waals surface area contributed by atoms with Crippen molar-refractivity contribution in [2.45, 2.75) is 84.0 Å². The highest BCUT2D eigenvalue weighted by atomic mass is 16.5. The molecule has 3 rings (SSSR count). The van der Waals surface area contributed by atoms with Crippen molar-refractivity contribution in [3.63, 3.8) is 0 Å². The number of benzene rings is 2. The molecule has 0 heterocycles. The molecule has 0 radical (unpaired) electrons. The van der Waals surface area contributed by atoms with Gasteiger partial charge in [-0.05, 0) is 59.9 Å². The average Bonchev–Trinajstić information content (AvgIpc) is 2.74. The molecule has 0 amide bonds. The first-order valence-electron chi connectivity index (χ1n) is 11.6. The zero-order chi connectivity index (χ0) is 19.6. The molecule has 0 N–H and O–H groups in total. The predicted octanol–water partition coefficient (Wildman–Crippen LogP) is 8.39. The van der Waals surface area contributed by atoms with Crippen LogP contribution in [0.1, 0.15) is 89.5 Å². The quantitative estimate of drug-likeness (QED) is 0.377. The average molecular weight is 379 g/mol. The molecule has 2 aromatic carbocycles. The van der Waals surface area contributed by atoms with Crippen molar-refractivity contribution < 1.29 is 4.74 Å². The van der Waals surface area contributed by atoms with Gasteiger partial charge in [-0.3, -0.25) is 0 Å². The number of unbranched alkanes of at least 4 members (excludes halogenated alkanes) is 5. The van der Waals surface area contributed by atoms with E-state index in [4.69, 9.17) is 4.74 Å². The molecule has 28 heavy (non-hydrogen) atoms. The monoisotopic (exact) mass is 378 g/mol. The molecule has 0 spiro atoms. The highest BCUT2D eigenvalue weighted by molar-refractivity contribution is 5.64. The summed E-state index contributed by atoms with van der Waals surface area (Å²) in [5.41, 5.74) is 4.10. The molecule has 1 aliphatic rings. The van der Waals surface area contributed by atoms with E-state index in [1.165, 1.54) is 74.5 Å². The van der Waals surface area contributed by atoms with Crippen molar-refractivity contribution in [2.24, 2.45) is 5.92 Å². The van der Waals surface area contributed by atoms with Gasteiger partial charge in [0, 0.05) is 0 Å². The Balaban J connectivity index is 1.45. The summed E-state index contributed by atoms with van der Waals surface area (Å²) < 4.78 is 5.91. The summed E-state index contributed by atoms with van der Waals surface area (Å²) in [5.74, 6) is 2.67. The fourth-order valence-electron chi connectivity index (χ4n) is 4.36. The van der Waals surface area contributed by atoms with Crippen molar-refractivity contribution >= 4 is 0 Å². The zero-order valence-corrected chi connectivity index (χ0v) is 18.0. The largest absolute Gasteiger partial charge is 0.494 e. The molecular weight excluding hydrogens is 340 g/mol. The lowest BCUT2D eigenvalue weighted by Crippen LogP contribution is -2.10. The number of rotatable bonds is 10. The van der Waals surface area contributed by atoms with Crippen molar-refractivity contribution in [1.82, 2.24) is 0 Å². The Labute approximate surface area is 172 Å². The highest BCUT2D eigenvalue weighted by Gasteiger charge is 2.19. The summed E-state index contributed by atoms with van der Waals surface area (Å²) in [4.78, 5) is 0. The maximum Gasteiger partial charge on any atom is 0.119 e. The molecule has 1 nitrogen and oxygen atoms in total. The third-order valence-corrected chi connectivity index (χ3v) is 6.35. The third-order valence-electron chi connectivity index (χ3n) is 6.35. The fourth-order valence-corrected chi connectivity index (χ4v) is 4.36.